The second kappa shape index (κ2) is 11.3. The van der Waals surface area contributed by atoms with Crippen molar-refractivity contribution in [2.45, 2.75) is 20.5 Å². The van der Waals surface area contributed by atoms with Crippen molar-refractivity contribution in [2.24, 2.45) is 10.2 Å². The van der Waals surface area contributed by atoms with E-state index in [-0.39, 0.29) is 6.61 Å². The molecule has 0 saturated carbocycles. The molecule has 9 heteroatoms. The third kappa shape index (κ3) is 6.42. The molecule has 0 unspecified atom stereocenters. The molecule has 0 amide bonds. The Balaban J connectivity index is 1.55. The van der Waals surface area contributed by atoms with Crippen molar-refractivity contribution >= 4 is 23.1 Å². The van der Waals surface area contributed by atoms with Crippen molar-refractivity contribution in [3.63, 3.8) is 0 Å². The van der Waals surface area contributed by atoms with Gasteiger partial charge in [-0.3, -0.25) is 20.8 Å². The molecule has 4 aromatic rings. The minimum Gasteiger partial charge on any atom is -0.486 e. The van der Waals surface area contributed by atoms with Gasteiger partial charge in [-0.05, 0) is 50.2 Å². The molecular weight excluding hydrogens is 428 g/mol. The maximum absolute atomic E-state index is 5.83. The van der Waals surface area contributed by atoms with Crippen LogP contribution in [0.5, 0.6) is 5.75 Å². The number of anilines is 2. The predicted molar refractivity (Wildman–Crippen MR) is 133 cm³/mol. The van der Waals surface area contributed by atoms with Crippen LogP contribution < -0.4 is 15.6 Å². The number of aromatic nitrogens is 4. The highest BCUT2D eigenvalue weighted by molar-refractivity contribution is 5.99. The average Bonchev–Trinajstić information content (AvgIpc) is 2.90. The molecule has 2 N–H and O–H groups in total. The van der Waals surface area contributed by atoms with Gasteiger partial charge < -0.3 is 4.74 Å². The van der Waals surface area contributed by atoms with Gasteiger partial charge in [-0.2, -0.15) is 10.2 Å². The van der Waals surface area contributed by atoms with E-state index in [1.165, 1.54) is 0 Å². The molecule has 0 atom stereocenters. The van der Waals surface area contributed by atoms with Gasteiger partial charge in [-0.1, -0.05) is 18.2 Å². The van der Waals surface area contributed by atoms with E-state index >= 15 is 0 Å². The lowest BCUT2D eigenvalue weighted by Gasteiger charge is -2.10. The van der Waals surface area contributed by atoms with Crippen LogP contribution in [-0.2, 0) is 6.61 Å². The lowest BCUT2D eigenvalue weighted by Crippen LogP contribution is -2.08. The van der Waals surface area contributed by atoms with Crippen molar-refractivity contribution in [1.82, 2.24) is 19.9 Å². The fourth-order valence-electron chi connectivity index (χ4n) is 2.94. The minimum atomic E-state index is 0.189. The number of hydrogen-bond donors (Lipinski definition) is 2. The molecule has 0 bridgehead atoms. The Morgan fingerprint density at radius 2 is 1.24 bits per heavy atom. The highest BCUT2D eigenvalue weighted by Crippen LogP contribution is 2.15. The third-order valence-corrected chi connectivity index (χ3v) is 4.76. The second-order valence-electron chi connectivity index (χ2n) is 7.25. The molecule has 0 radical (unpaired) electrons. The summed E-state index contributed by atoms with van der Waals surface area (Å²) in [6, 6.07) is 18.8. The summed E-state index contributed by atoms with van der Waals surface area (Å²) in [4.78, 5) is 17.1. The largest absolute Gasteiger partial charge is 0.486 e. The van der Waals surface area contributed by atoms with Gasteiger partial charge >= 0.3 is 0 Å². The Labute approximate surface area is 197 Å². The lowest BCUT2D eigenvalue weighted by molar-refractivity contribution is 0.296. The molecule has 1 aromatic carbocycles. The number of ether oxygens (including phenoxy) is 1. The first-order valence-electron chi connectivity index (χ1n) is 10.6. The van der Waals surface area contributed by atoms with Crippen molar-refractivity contribution in [3.8, 4) is 5.75 Å². The summed E-state index contributed by atoms with van der Waals surface area (Å²) < 4.78 is 5.83. The lowest BCUT2D eigenvalue weighted by atomic mass is 10.2. The van der Waals surface area contributed by atoms with Gasteiger partial charge in [0.25, 0.3) is 0 Å². The standard InChI is InChI=1S/C25H24N8O/c1-18(20-8-12-26-13-9-20)30-32-23-16-24(33-31-19(2)21-10-14-27-15-11-21)29-25(28-23)17-34-22-6-4-3-5-7-22/h3-16H,17H2,1-2H3,(H2,28,29,32,33). The molecule has 0 aliphatic carbocycles. The molecule has 0 aliphatic heterocycles. The Morgan fingerprint density at radius 1 is 0.735 bits per heavy atom. The fraction of sp³-hybridized carbons (Fsp3) is 0.120. The van der Waals surface area contributed by atoms with E-state index in [1.54, 1.807) is 30.9 Å². The maximum Gasteiger partial charge on any atom is 0.170 e. The van der Waals surface area contributed by atoms with E-state index < -0.39 is 0 Å². The van der Waals surface area contributed by atoms with Gasteiger partial charge in [-0.25, -0.2) is 9.97 Å². The number of pyridine rings is 2. The number of benzene rings is 1. The van der Waals surface area contributed by atoms with Gasteiger partial charge in [0.15, 0.2) is 17.5 Å². The van der Waals surface area contributed by atoms with Gasteiger partial charge in [0.2, 0.25) is 0 Å². The number of rotatable bonds is 9. The summed E-state index contributed by atoms with van der Waals surface area (Å²) >= 11 is 0. The Morgan fingerprint density at radius 3 is 1.74 bits per heavy atom. The Hall–Kier alpha value is -4.66. The highest BCUT2D eigenvalue weighted by atomic mass is 16.5. The van der Waals surface area contributed by atoms with E-state index in [1.807, 2.05) is 68.4 Å². The van der Waals surface area contributed by atoms with Gasteiger partial charge in [0.05, 0.1) is 11.4 Å². The predicted octanol–water partition coefficient (Wildman–Crippen LogP) is 4.52. The van der Waals surface area contributed by atoms with Crippen LogP contribution in [0.1, 0.15) is 30.8 Å². The third-order valence-electron chi connectivity index (χ3n) is 4.76. The first kappa shape index (κ1) is 22.5. The Kier molecular flexibility index (Phi) is 7.47. The summed E-state index contributed by atoms with van der Waals surface area (Å²) in [5.41, 5.74) is 9.52. The number of hydrazone groups is 2. The second-order valence-corrected chi connectivity index (χ2v) is 7.25. The number of hydrogen-bond acceptors (Lipinski definition) is 9. The molecular formula is C25H24N8O. The molecule has 4 rings (SSSR count). The van der Waals surface area contributed by atoms with Gasteiger partial charge in [0.1, 0.15) is 12.4 Å². The first-order valence-corrected chi connectivity index (χ1v) is 10.6. The van der Waals surface area contributed by atoms with Crippen LogP contribution in [0.15, 0.2) is 95.7 Å². The zero-order chi connectivity index (χ0) is 23.6. The van der Waals surface area contributed by atoms with Crippen LogP contribution in [0.2, 0.25) is 0 Å². The molecule has 0 fully saturated rings. The summed E-state index contributed by atoms with van der Waals surface area (Å²) in [6.07, 6.45) is 6.90. The normalized spacial score (nSPS) is 11.7. The maximum atomic E-state index is 5.83. The van der Waals surface area contributed by atoms with Gasteiger partial charge in [-0.15, -0.1) is 0 Å². The monoisotopic (exact) mass is 452 g/mol. The average molecular weight is 453 g/mol. The fourth-order valence-corrected chi connectivity index (χ4v) is 2.94. The van der Waals surface area contributed by atoms with E-state index in [2.05, 4.69) is 41.0 Å². The molecule has 3 aromatic heterocycles. The summed E-state index contributed by atoms with van der Waals surface area (Å²) in [5.74, 6) is 2.23. The van der Waals surface area contributed by atoms with Crippen molar-refractivity contribution < 1.29 is 4.74 Å². The summed E-state index contributed by atoms with van der Waals surface area (Å²) in [6.45, 7) is 4.00. The smallest absolute Gasteiger partial charge is 0.170 e. The molecule has 170 valence electrons. The van der Waals surface area contributed by atoms with Crippen LogP contribution in [0.3, 0.4) is 0 Å². The van der Waals surface area contributed by atoms with E-state index in [9.17, 15) is 0 Å². The molecule has 3 heterocycles. The molecule has 34 heavy (non-hydrogen) atoms. The van der Waals surface area contributed by atoms with Crippen molar-refractivity contribution in [3.05, 3.63) is 102 Å². The van der Waals surface area contributed by atoms with E-state index in [0.29, 0.717) is 17.5 Å². The number of nitrogens with one attached hydrogen (secondary N) is 2. The molecule has 9 nitrogen and oxygen atoms in total. The highest BCUT2D eigenvalue weighted by Gasteiger charge is 2.07. The van der Waals surface area contributed by atoms with Crippen LogP contribution in [0.25, 0.3) is 0 Å². The Bertz CT molecular complexity index is 1190. The quantitative estimate of drug-likeness (QED) is 0.284. The van der Waals surface area contributed by atoms with Gasteiger partial charge in [0, 0.05) is 42.0 Å². The topological polar surface area (TPSA) is 110 Å². The van der Waals surface area contributed by atoms with Crippen LogP contribution >= 0.6 is 0 Å². The first-order chi connectivity index (χ1) is 16.7. The van der Waals surface area contributed by atoms with E-state index in [4.69, 9.17) is 4.74 Å². The van der Waals surface area contributed by atoms with Crippen molar-refractivity contribution in [1.29, 1.82) is 0 Å². The number of nitrogens with zero attached hydrogens (tertiary/aromatic N) is 6. The summed E-state index contributed by atoms with van der Waals surface area (Å²) in [5, 5.41) is 8.89. The molecule has 0 saturated heterocycles. The minimum absolute atomic E-state index is 0.189. The van der Waals surface area contributed by atoms with E-state index in [0.717, 1.165) is 28.3 Å². The van der Waals surface area contributed by atoms with Crippen LogP contribution in [0.4, 0.5) is 11.6 Å². The van der Waals surface area contributed by atoms with Crippen LogP contribution in [0, 0.1) is 0 Å². The summed E-state index contributed by atoms with van der Waals surface area (Å²) in [7, 11) is 0. The molecule has 0 spiro atoms. The zero-order valence-corrected chi connectivity index (χ0v) is 18.9. The molecule has 0 aliphatic rings. The van der Waals surface area contributed by atoms with Crippen LogP contribution in [-0.4, -0.2) is 31.4 Å². The number of para-hydroxylation sites is 1. The van der Waals surface area contributed by atoms with Crippen molar-refractivity contribution in [2.75, 3.05) is 10.9 Å². The SMILES string of the molecule is CC(=NNc1cc(NN=C(C)c2ccncc2)nc(COc2ccccc2)n1)c1ccncc1. The zero-order valence-electron chi connectivity index (χ0n) is 18.9.